The van der Waals surface area contributed by atoms with Gasteiger partial charge in [-0.15, -0.1) is 0 Å². The van der Waals surface area contributed by atoms with Gasteiger partial charge in [-0.1, -0.05) is 25.3 Å². The van der Waals surface area contributed by atoms with Gasteiger partial charge in [-0.05, 0) is 22.0 Å². The highest BCUT2D eigenvalue weighted by Gasteiger charge is 1.99. The van der Waals surface area contributed by atoms with Gasteiger partial charge in [0.05, 0.1) is 5.69 Å². The van der Waals surface area contributed by atoms with Crippen molar-refractivity contribution in [3.63, 3.8) is 0 Å². The quantitative estimate of drug-likeness (QED) is 0.730. The maximum atomic E-state index is 4.13. The van der Waals surface area contributed by atoms with Crippen LogP contribution in [-0.4, -0.2) is 4.98 Å². The lowest BCUT2D eigenvalue weighted by molar-refractivity contribution is 1.28. The minimum atomic E-state index is 0.785. The van der Waals surface area contributed by atoms with E-state index in [1.807, 2.05) is 12.1 Å². The molecule has 1 rings (SSSR count). The summed E-state index contributed by atoms with van der Waals surface area (Å²) in [6.07, 6.45) is 3.49. The van der Waals surface area contributed by atoms with Crippen LogP contribution in [0.25, 0.3) is 10.6 Å². The maximum Gasteiger partial charge on any atom is 0.0837 e. The van der Waals surface area contributed by atoms with Gasteiger partial charge in [0.25, 0.3) is 0 Å². The van der Waals surface area contributed by atoms with Gasteiger partial charge in [0, 0.05) is 16.2 Å². The number of halogens is 1. The van der Waals surface area contributed by atoms with Crippen LogP contribution in [0.1, 0.15) is 11.3 Å². The van der Waals surface area contributed by atoms with Crippen LogP contribution in [0, 0.1) is 0 Å². The normalized spacial score (nSPS) is 9.18. The summed E-state index contributed by atoms with van der Waals surface area (Å²) in [7, 11) is 0. The van der Waals surface area contributed by atoms with E-state index in [4.69, 9.17) is 0 Å². The lowest BCUT2D eigenvalue weighted by Crippen LogP contribution is -1.86. The molecule has 2 heteroatoms. The zero-order valence-corrected chi connectivity index (χ0v) is 7.63. The molecule has 0 saturated heterocycles. The summed E-state index contributed by atoms with van der Waals surface area (Å²) in [5.41, 5.74) is 1.84. The highest BCUT2D eigenvalue weighted by Crippen LogP contribution is 2.20. The van der Waals surface area contributed by atoms with Gasteiger partial charge < -0.3 is 0 Å². The molecule has 0 aliphatic heterocycles. The Morgan fingerprint density at radius 3 is 2.82 bits per heavy atom. The smallest absolute Gasteiger partial charge is 0.0837 e. The fourth-order valence-electron chi connectivity index (χ4n) is 0.809. The average Bonchev–Trinajstić information content (AvgIpc) is 2.04. The van der Waals surface area contributed by atoms with Crippen LogP contribution in [-0.2, 0) is 0 Å². The van der Waals surface area contributed by atoms with Crippen LogP contribution in [0.15, 0.2) is 31.5 Å². The molecule has 1 aromatic heterocycles. The van der Waals surface area contributed by atoms with Gasteiger partial charge >= 0.3 is 0 Å². The van der Waals surface area contributed by atoms with Crippen molar-refractivity contribution in [3.05, 3.63) is 42.7 Å². The number of pyridine rings is 1. The van der Waals surface area contributed by atoms with E-state index >= 15 is 0 Å². The largest absolute Gasteiger partial charge is 0.255 e. The summed E-state index contributed by atoms with van der Waals surface area (Å²) in [4.78, 5) is 4.13. The second-order valence-corrected chi connectivity index (χ2v) is 3.01. The van der Waals surface area contributed by atoms with Crippen molar-refractivity contribution < 1.29 is 0 Å². The topological polar surface area (TPSA) is 12.9 Å². The molecule has 0 bridgehead atoms. The van der Waals surface area contributed by atoms with E-state index in [0.29, 0.717) is 0 Å². The Bertz CT molecular complexity index is 291. The molecule has 0 unspecified atom stereocenters. The van der Waals surface area contributed by atoms with E-state index in [9.17, 15) is 0 Å². The van der Waals surface area contributed by atoms with Crippen LogP contribution >= 0.6 is 15.9 Å². The van der Waals surface area contributed by atoms with Gasteiger partial charge in [-0.25, -0.2) is 0 Å². The third-order valence-corrected chi connectivity index (χ3v) is 1.69. The number of hydrogen-bond donors (Lipinski definition) is 0. The van der Waals surface area contributed by atoms with Crippen LogP contribution in [0.4, 0.5) is 0 Å². The second-order valence-electron chi connectivity index (χ2n) is 2.05. The molecule has 0 aliphatic carbocycles. The van der Waals surface area contributed by atoms with Crippen molar-refractivity contribution in [1.29, 1.82) is 0 Å². The highest BCUT2D eigenvalue weighted by atomic mass is 79.9. The Kier molecular flexibility index (Phi) is 2.60. The van der Waals surface area contributed by atoms with Gasteiger partial charge in [0.2, 0.25) is 0 Å². The summed E-state index contributed by atoms with van der Waals surface area (Å²) in [6, 6.07) is 3.82. The van der Waals surface area contributed by atoms with Crippen LogP contribution in [0.5, 0.6) is 0 Å². The Balaban J connectivity index is 3.22. The van der Waals surface area contributed by atoms with Gasteiger partial charge in [-0.2, -0.15) is 0 Å². The third-order valence-electron chi connectivity index (χ3n) is 1.32. The second kappa shape index (κ2) is 3.49. The SMILES string of the molecule is C=Cc1cccnc1C(=C)Br. The first-order valence-electron chi connectivity index (χ1n) is 3.18. The fourth-order valence-corrected chi connectivity index (χ4v) is 1.14. The lowest BCUT2D eigenvalue weighted by atomic mass is 10.2. The first-order valence-corrected chi connectivity index (χ1v) is 3.97. The molecule has 0 atom stereocenters. The highest BCUT2D eigenvalue weighted by molar-refractivity contribution is 9.15. The summed E-state index contributed by atoms with van der Waals surface area (Å²) in [5.74, 6) is 0. The number of rotatable bonds is 2. The zero-order valence-electron chi connectivity index (χ0n) is 6.05. The molecule has 0 saturated carbocycles. The molecule has 0 spiro atoms. The van der Waals surface area contributed by atoms with Crippen molar-refractivity contribution >= 4 is 26.5 Å². The molecule has 1 aromatic rings. The van der Waals surface area contributed by atoms with E-state index in [1.165, 1.54) is 0 Å². The molecule has 0 radical (unpaired) electrons. The Morgan fingerprint density at radius 1 is 1.64 bits per heavy atom. The molecular formula is C9H8BrN. The van der Waals surface area contributed by atoms with Crippen molar-refractivity contribution in [3.8, 4) is 0 Å². The van der Waals surface area contributed by atoms with E-state index in [2.05, 4.69) is 34.1 Å². The standard InChI is InChI=1S/C9H8BrN/c1-3-8-5-4-6-11-9(8)7(2)10/h3-6H,1-2H2. The molecular weight excluding hydrogens is 202 g/mol. The van der Waals surface area contributed by atoms with E-state index in [0.717, 1.165) is 15.7 Å². The summed E-state index contributed by atoms with van der Waals surface area (Å²) in [5, 5.41) is 0. The average molecular weight is 210 g/mol. The Morgan fingerprint density at radius 2 is 2.36 bits per heavy atom. The fraction of sp³-hybridized carbons (Fsp3) is 0. The molecule has 0 aromatic carbocycles. The van der Waals surface area contributed by atoms with Crippen molar-refractivity contribution in [2.75, 3.05) is 0 Å². The van der Waals surface area contributed by atoms with Crippen LogP contribution < -0.4 is 0 Å². The minimum absolute atomic E-state index is 0.785. The summed E-state index contributed by atoms with van der Waals surface area (Å²) in [6.45, 7) is 7.41. The third kappa shape index (κ3) is 1.77. The van der Waals surface area contributed by atoms with Gasteiger partial charge in [0.15, 0.2) is 0 Å². The Labute approximate surface area is 74.6 Å². The predicted molar refractivity (Wildman–Crippen MR) is 52.3 cm³/mol. The number of nitrogens with zero attached hydrogens (tertiary/aromatic N) is 1. The van der Waals surface area contributed by atoms with Gasteiger partial charge in [0.1, 0.15) is 0 Å². The van der Waals surface area contributed by atoms with Crippen molar-refractivity contribution in [1.82, 2.24) is 4.98 Å². The maximum absolute atomic E-state index is 4.13. The van der Waals surface area contributed by atoms with Crippen LogP contribution in [0.3, 0.4) is 0 Å². The lowest BCUT2D eigenvalue weighted by Gasteiger charge is -2.00. The van der Waals surface area contributed by atoms with Crippen LogP contribution in [0.2, 0.25) is 0 Å². The molecule has 0 fully saturated rings. The molecule has 56 valence electrons. The van der Waals surface area contributed by atoms with E-state index < -0.39 is 0 Å². The van der Waals surface area contributed by atoms with E-state index in [1.54, 1.807) is 12.3 Å². The molecule has 1 nitrogen and oxygen atoms in total. The minimum Gasteiger partial charge on any atom is -0.255 e. The number of hydrogen-bond acceptors (Lipinski definition) is 1. The number of aromatic nitrogens is 1. The first kappa shape index (κ1) is 8.21. The van der Waals surface area contributed by atoms with Crippen molar-refractivity contribution in [2.45, 2.75) is 0 Å². The molecule has 0 N–H and O–H groups in total. The zero-order chi connectivity index (χ0) is 8.27. The monoisotopic (exact) mass is 209 g/mol. The van der Waals surface area contributed by atoms with Crippen molar-refractivity contribution in [2.24, 2.45) is 0 Å². The van der Waals surface area contributed by atoms with Gasteiger partial charge in [-0.3, -0.25) is 4.98 Å². The summed E-state index contributed by atoms with van der Waals surface area (Å²) < 4.78 is 0.785. The van der Waals surface area contributed by atoms with E-state index in [-0.39, 0.29) is 0 Å². The molecule has 0 aliphatic rings. The molecule has 11 heavy (non-hydrogen) atoms. The predicted octanol–water partition coefficient (Wildman–Crippen LogP) is 3.09. The Hall–Kier alpha value is -0.890. The molecule has 1 heterocycles. The molecule has 0 amide bonds. The first-order chi connectivity index (χ1) is 5.25. The summed E-state index contributed by atoms with van der Waals surface area (Å²) >= 11 is 3.27.